The SMILES string of the molecule is CC1CN(C(=O)N2CC(C)(OCC(=O)O)C2)CCS1. The Bertz CT molecular complexity index is 371. The number of hydrogen-bond acceptors (Lipinski definition) is 4. The molecule has 1 N–H and O–H groups in total. The van der Waals surface area contributed by atoms with Crippen molar-refractivity contribution in [1.29, 1.82) is 0 Å². The molecule has 0 spiro atoms. The topological polar surface area (TPSA) is 70.1 Å². The van der Waals surface area contributed by atoms with E-state index in [1.54, 1.807) is 4.90 Å². The zero-order valence-corrected chi connectivity index (χ0v) is 12.1. The Morgan fingerprint density at radius 3 is 2.68 bits per heavy atom. The Balaban J connectivity index is 1.79. The van der Waals surface area contributed by atoms with Gasteiger partial charge >= 0.3 is 12.0 Å². The fraction of sp³-hybridized carbons (Fsp3) is 0.833. The predicted molar refractivity (Wildman–Crippen MR) is 72.5 cm³/mol. The molecule has 2 fully saturated rings. The number of nitrogens with zero attached hydrogens (tertiary/aromatic N) is 2. The van der Waals surface area contributed by atoms with Crippen LogP contribution < -0.4 is 0 Å². The van der Waals surface area contributed by atoms with Gasteiger partial charge < -0.3 is 19.6 Å². The number of amides is 2. The fourth-order valence-electron chi connectivity index (χ4n) is 2.42. The molecule has 6 nitrogen and oxygen atoms in total. The molecule has 19 heavy (non-hydrogen) atoms. The molecule has 1 atom stereocenters. The van der Waals surface area contributed by atoms with Crippen molar-refractivity contribution in [3.63, 3.8) is 0 Å². The summed E-state index contributed by atoms with van der Waals surface area (Å²) in [4.78, 5) is 26.3. The molecule has 2 aliphatic heterocycles. The molecule has 0 aromatic heterocycles. The highest BCUT2D eigenvalue weighted by Gasteiger charge is 2.44. The molecule has 2 amide bonds. The van der Waals surface area contributed by atoms with Gasteiger partial charge in [-0.2, -0.15) is 11.8 Å². The smallest absolute Gasteiger partial charge is 0.329 e. The fourth-order valence-corrected chi connectivity index (χ4v) is 3.43. The van der Waals surface area contributed by atoms with Crippen LogP contribution in [-0.2, 0) is 9.53 Å². The number of carboxylic acid groups (broad SMARTS) is 1. The number of urea groups is 1. The van der Waals surface area contributed by atoms with E-state index in [-0.39, 0.29) is 12.6 Å². The Labute approximate surface area is 117 Å². The third-order valence-electron chi connectivity index (χ3n) is 3.38. The van der Waals surface area contributed by atoms with Crippen LogP contribution in [0, 0.1) is 0 Å². The summed E-state index contributed by atoms with van der Waals surface area (Å²) in [7, 11) is 0. The third kappa shape index (κ3) is 3.54. The van der Waals surface area contributed by atoms with Crippen LogP contribution in [0.1, 0.15) is 13.8 Å². The third-order valence-corrected chi connectivity index (χ3v) is 4.51. The van der Waals surface area contributed by atoms with Crippen molar-refractivity contribution in [2.45, 2.75) is 24.7 Å². The summed E-state index contributed by atoms with van der Waals surface area (Å²) in [5, 5.41) is 9.07. The standard InChI is InChI=1S/C12H20N2O4S/c1-9-5-13(3-4-19-9)11(17)14-7-12(2,8-14)18-6-10(15)16/h9H,3-8H2,1-2H3,(H,15,16). The predicted octanol–water partition coefficient (Wildman–Crippen LogP) is 0.719. The van der Waals surface area contributed by atoms with E-state index in [0.29, 0.717) is 18.3 Å². The molecular weight excluding hydrogens is 268 g/mol. The lowest BCUT2D eigenvalue weighted by Crippen LogP contribution is -2.66. The highest BCUT2D eigenvalue weighted by atomic mass is 32.2. The van der Waals surface area contributed by atoms with E-state index in [1.165, 1.54) is 0 Å². The van der Waals surface area contributed by atoms with Crippen LogP contribution in [0.2, 0.25) is 0 Å². The lowest BCUT2D eigenvalue weighted by molar-refractivity contribution is -0.160. The lowest BCUT2D eigenvalue weighted by atomic mass is 9.97. The molecule has 0 bridgehead atoms. The van der Waals surface area contributed by atoms with Gasteiger partial charge in [-0.3, -0.25) is 0 Å². The average molecular weight is 288 g/mol. The number of carboxylic acids is 1. The quantitative estimate of drug-likeness (QED) is 0.828. The highest BCUT2D eigenvalue weighted by Crippen LogP contribution is 2.27. The number of hydrogen-bond donors (Lipinski definition) is 1. The Morgan fingerprint density at radius 2 is 2.11 bits per heavy atom. The van der Waals surface area contributed by atoms with E-state index in [2.05, 4.69) is 6.92 Å². The molecule has 2 heterocycles. The Morgan fingerprint density at radius 1 is 1.42 bits per heavy atom. The van der Waals surface area contributed by atoms with E-state index in [0.717, 1.165) is 18.8 Å². The zero-order chi connectivity index (χ0) is 14.0. The number of likely N-dealkylation sites (tertiary alicyclic amines) is 1. The number of thioether (sulfide) groups is 1. The Hall–Kier alpha value is -0.950. The number of aliphatic carboxylic acids is 1. The first-order valence-corrected chi connectivity index (χ1v) is 7.46. The highest BCUT2D eigenvalue weighted by molar-refractivity contribution is 7.99. The van der Waals surface area contributed by atoms with E-state index >= 15 is 0 Å². The number of carbonyl (C=O) groups is 2. The largest absolute Gasteiger partial charge is 0.480 e. The van der Waals surface area contributed by atoms with Gasteiger partial charge in [-0.05, 0) is 6.92 Å². The van der Waals surface area contributed by atoms with E-state index in [4.69, 9.17) is 9.84 Å². The van der Waals surface area contributed by atoms with Gasteiger partial charge in [-0.1, -0.05) is 6.92 Å². The summed E-state index contributed by atoms with van der Waals surface area (Å²) in [5.41, 5.74) is -0.510. The summed E-state index contributed by atoms with van der Waals surface area (Å²) >= 11 is 1.89. The molecule has 0 aromatic carbocycles. The van der Waals surface area contributed by atoms with Crippen LogP contribution in [0.3, 0.4) is 0 Å². The second-order valence-electron chi connectivity index (χ2n) is 5.40. The number of carbonyl (C=O) groups excluding carboxylic acids is 1. The van der Waals surface area contributed by atoms with E-state index < -0.39 is 11.6 Å². The van der Waals surface area contributed by atoms with Crippen LogP contribution in [0.25, 0.3) is 0 Å². The monoisotopic (exact) mass is 288 g/mol. The minimum Gasteiger partial charge on any atom is -0.480 e. The maximum Gasteiger partial charge on any atom is 0.329 e. The summed E-state index contributed by atoms with van der Waals surface area (Å²) in [6, 6.07) is 0.0450. The zero-order valence-electron chi connectivity index (χ0n) is 11.3. The van der Waals surface area contributed by atoms with Crippen molar-refractivity contribution in [3.05, 3.63) is 0 Å². The first kappa shape index (κ1) is 14.5. The number of ether oxygens (including phenoxy) is 1. The van der Waals surface area contributed by atoms with Gasteiger partial charge in [0.15, 0.2) is 0 Å². The lowest BCUT2D eigenvalue weighted by Gasteiger charge is -2.49. The average Bonchev–Trinajstić information content (AvgIpc) is 2.32. The molecule has 0 aliphatic carbocycles. The van der Waals surface area contributed by atoms with Crippen LogP contribution in [0.15, 0.2) is 0 Å². The van der Waals surface area contributed by atoms with Crippen molar-refractivity contribution in [2.24, 2.45) is 0 Å². The van der Waals surface area contributed by atoms with Crippen molar-refractivity contribution in [1.82, 2.24) is 9.80 Å². The summed E-state index contributed by atoms with van der Waals surface area (Å²) in [6.07, 6.45) is 0. The van der Waals surface area contributed by atoms with Gasteiger partial charge in [0.2, 0.25) is 0 Å². The van der Waals surface area contributed by atoms with Gasteiger partial charge in [0.25, 0.3) is 0 Å². The van der Waals surface area contributed by atoms with Gasteiger partial charge in [-0.25, -0.2) is 9.59 Å². The van der Waals surface area contributed by atoms with Crippen LogP contribution in [-0.4, -0.2) is 76.3 Å². The van der Waals surface area contributed by atoms with Gasteiger partial charge in [-0.15, -0.1) is 0 Å². The molecule has 2 saturated heterocycles. The van der Waals surface area contributed by atoms with E-state index in [9.17, 15) is 9.59 Å². The summed E-state index contributed by atoms with van der Waals surface area (Å²) in [5.74, 6) is 0.000878. The second-order valence-corrected chi connectivity index (χ2v) is 6.94. The van der Waals surface area contributed by atoms with Gasteiger partial charge in [0.1, 0.15) is 12.2 Å². The molecule has 1 unspecified atom stereocenters. The minimum absolute atomic E-state index is 0.0450. The first-order chi connectivity index (χ1) is 8.89. The van der Waals surface area contributed by atoms with Crippen molar-refractivity contribution in [2.75, 3.05) is 38.5 Å². The maximum absolute atomic E-state index is 12.2. The minimum atomic E-state index is -0.979. The molecule has 0 radical (unpaired) electrons. The van der Waals surface area contributed by atoms with Crippen LogP contribution >= 0.6 is 11.8 Å². The van der Waals surface area contributed by atoms with Gasteiger partial charge in [0.05, 0.1) is 13.1 Å². The van der Waals surface area contributed by atoms with Crippen LogP contribution in [0.5, 0.6) is 0 Å². The molecule has 0 saturated carbocycles. The van der Waals surface area contributed by atoms with Crippen molar-refractivity contribution < 1.29 is 19.4 Å². The molecular formula is C12H20N2O4S. The molecule has 7 heteroatoms. The first-order valence-electron chi connectivity index (χ1n) is 6.41. The summed E-state index contributed by atoms with van der Waals surface area (Å²) < 4.78 is 5.30. The van der Waals surface area contributed by atoms with Crippen molar-refractivity contribution >= 4 is 23.8 Å². The molecule has 2 rings (SSSR count). The summed E-state index contributed by atoms with van der Waals surface area (Å²) in [6.45, 7) is 6.17. The van der Waals surface area contributed by atoms with Crippen molar-refractivity contribution in [3.8, 4) is 0 Å². The maximum atomic E-state index is 12.2. The van der Waals surface area contributed by atoms with E-state index in [1.807, 2.05) is 23.6 Å². The molecule has 2 aliphatic rings. The van der Waals surface area contributed by atoms with Gasteiger partial charge in [0, 0.05) is 24.1 Å². The second kappa shape index (κ2) is 5.58. The normalized spacial score (nSPS) is 25.9. The number of rotatable bonds is 3. The van der Waals surface area contributed by atoms with Crippen LogP contribution in [0.4, 0.5) is 4.79 Å². The molecule has 108 valence electrons. The Kier molecular flexibility index (Phi) is 4.25. The molecule has 0 aromatic rings.